The van der Waals surface area contributed by atoms with Gasteiger partial charge in [0.15, 0.2) is 0 Å². The first-order chi connectivity index (χ1) is 9.38. The molecule has 0 bridgehead atoms. The molecule has 0 unspecified atom stereocenters. The van der Waals surface area contributed by atoms with Crippen molar-refractivity contribution in [1.29, 1.82) is 0 Å². The van der Waals surface area contributed by atoms with Crippen molar-refractivity contribution in [2.24, 2.45) is 5.92 Å². The van der Waals surface area contributed by atoms with Gasteiger partial charge in [-0.1, -0.05) is 19.9 Å². The Balaban J connectivity index is 2.36. The van der Waals surface area contributed by atoms with Gasteiger partial charge in [0.25, 0.3) is 0 Å². The molecule has 0 heterocycles. The zero-order valence-electron chi connectivity index (χ0n) is 12.6. The molecule has 0 amide bonds. The van der Waals surface area contributed by atoms with Crippen LogP contribution in [0.2, 0.25) is 0 Å². The van der Waals surface area contributed by atoms with Gasteiger partial charge in [-0.2, -0.15) is 0 Å². The fourth-order valence-electron chi connectivity index (χ4n) is 1.50. The topological polar surface area (TPSA) is 52.6 Å². The first-order valence-corrected chi connectivity index (χ1v) is 6.82. The lowest BCUT2D eigenvalue weighted by Gasteiger charge is -2.08. The van der Waals surface area contributed by atoms with Gasteiger partial charge in [0.2, 0.25) is 0 Å². The lowest BCUT2D eigenvalue weighted by Crippen LogP contribution is -2.14. The number of carbonyl (C=O) groups excluding carboxylic acids is 2. The summed E-state index contributed by atoms with van der Waals surface area (Å²) >= 11 is 0. The van der Waals surface area contributed by atoms with E-state index in [2.05, 4.69) is 0 Å². The number of hydrogen-bond donors (Lipinski definition) is 0. The van der Waals surface area contributed by atoms with E-state index in [0.29, 0.717) is 18.3 Å². The fourth-order valence-corrected chi connectivity index (χ4v) is 1.50. The summed E-state index contributed by atoms with van der Waals surface area (Å²) in [5, 5.41) is 0. The SMILES string of the molecule is Cc1ccc(OC(=O)CCC(=O)OCC(C)C)cc1C. The third-order valence-corrected chi connectivity index (χ3v) is 2.82. The smallest absolute Gasteiger partial charge is 0.311 e. The summed E-state index contributed by atoms with van der Waals surface area (Å²) in [6.07, 6.45) is 0.0836. The third-order valence-electron chi connectivity index (χ3n) is 2.82. The van der Waals surface area contributed by atoms with Crippen molar-refractivity contribution in [2.45, 2.75) is 40.5 Å². The van der Waals surface area contributed by atoms with E-state index in [1.165, 1.54) is 0 Å². The van der Waals surface area contributed by atoms with Gasteiger partial charge >= 0.3 is 11.9 Å². The van der Waals surface area contributed by atoms with E-state index in [9.17, 15) is 9.59 Å². The minimum Gasteiger partial charge on any atom is -0.465 e. The Kier molecular flexibility index (Phi) is 6.22. The first-order valence-electron chi connectivity index (χ1n) is 6.82. The van der Waals surface area contributed by atoms with Gasteiger partial charge < -0.3 is 9.47 Å². The summed E-state index contributed by atoms with van der Waals surface area (Å²) in [5.41, 5.74) is 2.20. The lowest BCUT2D eigenvalue weighted by molar-refractivity contribution is -0.147. The van der Waals surface area contributed by atoms with Crippen molar-refractivity contribution in [1.82, 2.24) is 0 Å². The molecule has 110 valence electrons. The minimum absolute atomic E-state index is 0.0316. The van der Waals surface area contributed by atoms with E-state index in [1.54, 1.807) is 6.07 Å². The van der Waals surface area contributed by atoms with Crippen LogP contribution in [-0.2, 0) is 14.3 Å². The third kappa shape index (κ3) is 5.87. The maximum Gasteiger partial charge on any atom is 0.311 e. The predicted molar refractivity (Wildman–Crippen MR) is 76.6 cm³/mol. The molecule has 0 radical (unpaired) electrons. The van der Waals surface area contributed by atoms with Crippen LogP contribution in [0.1, 0.15) is 37.8 Å². The standard InChI is InChI=1S/C16H22O4/c1-11(2)10-19-15(17)7-8-16(18)20-14-6-5-12(3)13(4)9-14/h5-6,9,11H,7-8,10H2,1-4H3. The normalized spacial score (nSPS) is 10.4. The van der Waals surface area contributed by atoms with E-state index in [1.807, 2.05) is 39.8 Å². The van der Waals surface area contributed by atoms with Crippen LogP contribution < -0.4 is 4.74 Å². The predicted octanol–water partition coefficient (Wildman–Crippen LogP) is 3.19. The van der Waals surface area contributed by atoms with E-state index >= 15 is 0 Å². The van der Waals surface area contributed by atoms with Crippen molar-refractivity contribution >= 4 is 11.9 Å². The lowest BCUT2D eigenvalue weighted by atomic mass is 10.1. The number of benzene rings is 1. The molecule has 0 aliphatic heterocycles. The molecule has 0 saturated heterocycles. The molecule has 0 saturated carbocycles. The second-order valence-electron chi connectivity index (χ2n) is 5.30. The molecule has 0 aliphatic carbocycles. The summed E-state index contributed by atoms with van der Waals surface area (Å²) in [4.78, 5) is 23.0. The Morgan fingerprint density at radius 2 is 1.70 bits per heavy atom. The molecule has 4 heteroatoms. The van der Waals surface area contributed by atoms with Gasteiger partial charge in [-0.05, 0) is 43.0 Å². The number of aryl methyl sites for hydroxylation is 2. The van der Waals surface area contributed by atoms with Gasteiger partial charge in [0.1, 0.15) is 5.75 Å². The number of ether oxygens (including phenoxy) is 2. The summed E-state index contributed by atoms with van der Waals surface area (Å²) in [5.74, 6) is 0.0144. The molecule has 0 aromatic heterocycles. The van der Waals surface area contributed by atoms with E-state index in [-0.39, 0.29) is 18.8 Å². The molecule has 0 atom stereocenters. The fraction of sp³-hybridized carbons (Fsp3) is 0.500. The van der Waals surface area contributed by atoms with Gasteiger partial charge in [0, 0.05) is 0 Å². The van der Waals surface area contributed by atoms with Crippen molar-refractivity contribution in [2.75, 3.05) is 6.61 Å². The Bertz CT molecular complexity index is 477. The van der Waals surface area contributed by atoms with Crippen LogP contribution in [0.3, 0.4) is 0 Å². The van der Waals surface area contributed by atoms with Crippen molar-refractivity contribution in [3.05, 3.63) is 29.3 Å². The van der Waals surface area contributed by atoms with Crippen LogP contribution in [0, 0.1) is 19.8 Å². The van der Waals surface area contributed by atoms with Gasteiger partial charge in [0.05, 0.1) is 19.4 Å². The summed E-state index contributed by atoms with van der Waals surface area (Å²) in [6.45, 7) is 8.25. The largest absolute Gasteiger partial charge is 0.465 e. The molecule has 0 aliphatic rings. The van der Waals surface area contributed by atoms with Gasteiger partial charge in [-0.15, -0.1) is 0 Å². The Hall–Kier alpha value is -1.84. The van der Waals surface area contributed by atoms with Crippen LogP contribution >= 0.6 is 0 Å². The van der Waals surface area contributed by atoms with Crippen LogP contribution in [0.15, 0.2) is 18.2 Å². The van der Waals surface area contributed by atoms with Gasteiger partial charge in [-0.25, -0.2) is 0 Å². The zero-order valence-corrected chi connectivity index (χ0v) is 12.6. The highest BCUT2D eigenvalue weighted by Gasteiger charge is 2.11. The summed E-state index contributed by atoms with van der Waals surface area (Å²) < 4.78 is 10.2. The van der Waals surface area contributed by atoms with E-state index in [4.69, 9.17) is 9.47 Å². The molecule has 20 heavy (non-hydrogen) atoms. The average molecular weight is 278 g/mol. The molecule has 4 nitrogen and oxygen atoms in total. The first kappa shape index (κ1) is 16.2. The molecule has 1 aromatic rings. The Morgan fingerprint density at radius 1 is 1.05 bits per heavy atom. The Morgan fingerprint density at radius 3 is 2.30 bits per heavy atom. The van der Waals surface area contributed by atoms with Crippen molar-refractivity contribution in [3.8, 4) is 5.75 Å². The van der Waals surface area contributed by atoms with Crippen molar-refractivity contribution < 1.29 is 19.1 Å². The minimum atomic E-state index is -0.422. The van der Waals surface area contributed by atoms with E-state index < -0.39 is 5.97 Å². The highest BCUT2D eigenvalue weighted by atomic mass is 16.5. The number of carbonyl (C=O) groups is 2. The quantitative estimate of drug-likeness (QED) is 0.592. The molecular weight excluding hydrogens is 256 g/mol. The number of rotatable bonds is 6. The van der Waals surface area contributed by atoms with Crippen LogP contribution in [0.25, 0.3) is 0 Å². The Labute approximate surface area is 120 Å². The number of esters is 2. The molecule has 0 N–H and O–H groups in total. The maximum absolute atomic E-state index is 11.6. The summed E-state index contributed by atoms with van der Waals surface area (Å²) in [6, 6.07) is 5.45. The average Bonchev–Trinajstić information content (AvgIpc) is 2.38. The maximum atomic E-state index is 11.6. The monoisotopic (exact) mass is 278 g/mol. The highest BCUT2D eigenvalue weighted by molar-refractivity contribution is 5.79. The van der Waals surface area contributed by atoms with Crippen LogP contribution in [-0.4, -0.2) is 18.5 Å². The van der Waals surface area contributed by atoms with Crippen LogP contribution in [0.4, 0.5) is 0 Å². The van der Waals surface area contributed by atoms with Gasteiger partial charge in [-0.3, -0.25) is 9.59 Å². The van der Waals surface area contributed by atoms with Crippen molar-refractivity contribution in [3.63, 3.8) is 0 Å². The van der Waals surface area contributed by atoms with E-state index in [0.717, 1.165) is 11.1 Å². The molecule has 0 fully saturated rings. The second kappa shape index (κ2) is 7.68. The molecule has 0 spiro atoms. The number of hydrogen-bond acceptors (Lipinski definition) is 4. The molecule has 1 aromatic carbocycles. The zero-order chi connectivity index (χ0) is 15.1. The molecule has 1 rings (SSSR count). The second-order valence-corrected chi connectivity index (χ2v) is 5.30. The van der Waals surface area contributed by atoms with Crippen LogP contribution in [0.5, 0.6) is 5.75 Å². The summed E-state index contributed by atoms with van der Waals surface area (Å²) in [7, 11) is 0. The highest BCUT2D eigenvalue weighted by Crippen LogP contribution is 2.17. The molecular formula is C16H22O4.